The lowest BCUT2D eigenvalue weighted by molar-refractivity contribution is -0.145. The van der Waals surface area contributed by atoms with Crippen molar-refractivity contribution < 1.29 is 39.7 Å². The zero-order chi connectivity index (χ0) is 26.7. The molecular weight excluding hydrogens is 497 g/mol. The fourth-order valence-electron chi connectivity index (χ4n) is 3.52. The normalized spacial score (nSPS) is 12.4. The third-order valence-electron chi connectivity index (χ3n) is 5.63. The number of hydrogen-bond donors (Lipinski definition) is 0. The highest BCUT2D eigenvalue weighted by Crippen LogP contribution is 2.25. The van der Waals surface area contributed by atoms with Gasteiger partial charge in [0.05, 0.1) is 0 Å². The Bertz CT molecular complexity index is 846. The summed E-state index contributed by atoms with van der Waals surface area (Å²) in [5.41, 5.74) is -5.50. The van der Waals surface area contributed by atoms with Crippen molar-refractivity contribution in [3.05, 3.63) is 35.8 Å². The molecule has 1 heterocycles. The molecule has 0 aliphatic rings. The quantitative estimate of drug-likeness (QED) is 0.0517. The van der Waals surface area contributed by atoms with E-state index in [0.29, 0.717) is 0 Å². The molecule has 0 saturated carbocycles. The summed E-state index contributed by atoms with van der Waals surface area (Å²) in [5, 5.41) is 0. The molecule has 0 unspecified atom stereocenters. The van der Waals surface area contributed by atoms with Crippen LogP contribution in [0.15, 0.2) is 28.7 Å². The Labute approximate surface area is 213 Å². The molecular formula is C26H41F3O6S. The van der Waals surface area contributed by atoms with Crippen LogP contribution < -0.4 is 0 Å². The van der Waals surface area contributed by atoms with Gasteiger partial charge in [0.15, 0.2) is 0 Å². The van der Waals surface area contributed by atoms with E-state index in [-0.39, 0.29) is 24.5 Å². The van der Waals surface area contributed by atoms with Gasteiger partial charge in [0.25, 0.3) is 0 Å². The van der Waals surface area contributed by atoms with Gasteiger partial charge in [-0.3, -0.25) is 8.98 Å². The maximum atomic E-state index is 12.2. The minimum atomic E-state index is -5.69. The van der Waals surface area contributed by atoms with Crippen LogP contribution in [0.2, 0.25) is 0 Å². The van der Waals surface area contributed by atoms with Crippen LogP contribution in [0.5, 0.6) is 0 Å². The number of allylic oxidation sites excluding steroid dienone is 2. The number of ether oxygens (including phenoxy) is 1. The Morgan fingerprint density at radius 1 is 0.833 bits per heavy atom. The SMILES string of the molecule is CCCCCCCCCC=CCCCCCCCC(=O)OCc1ccc(COS(=O)(=O)C(F)(F)F)o1. The fraction of sp³-hybridized carbons (Fsp3) is 0.731. The van der Waals surface area contributed by atoms with Crippen molar-refractivity contribution >= 4 is 16.1 Å². The van der Waals surface area contributed by atoms with Crippen molar-refractivity contribution in [2.75, 3.05) is 0 Å². The highest BCUT2D eigenvalue weighted by atomic mass is 32.2. The number of carbonyl (C=O) groups excluding carboxylic acids is 1. The summed E-state index contributed by atoms with van der Waals surface area (Å²) in [5.74, 6) is -0.329. The Kier molecular flexibility index (Phi) is 16.5. The molecule has 0 radical (unpaired) electrons. The van der Waals surface area contributed by atoms with Crippen LogP contribution in [0.25, 0.3) is 0 Å². The van der Waals surface area contributed by atoms with E-state index in [0.717, 1.165) is 38.5 Å². The lowest BCUT2D eigenvalue weighted by atomic mass is 10.1. The third-order valence-corrected chi connectivity index (χ3v) is 6.62. The molecule has 0 amide bonds. The topological polar surface area (TPSA) is 82.8 Å². The number of carbonyl (C=O) groups is 1. The van der Waals surface area contributed by atoms with E-state index in [9.17, 15) is 26.4 Å². The van der Waals surface area contributed by atoms with E-state index in [1.807, 2.05) is 0 Å². The molecule has 10 heteroatoms. The summed E-state index contributed by atoms with van der Waals surface area (Å²) in [6.07, 6.45) is 21.4. The predicted molar refractivity (Wildman–Crippen MR) is 132 cm³/mol. The first-order chi connectivity index (χ1) is 17.2. The summed E-state index contributed by atoms with van der Waals surface area (Å²) in [4.78, 5) is 11.8. The number of halogens is 3. The van der Waals surface area contributed by atoms with Gasteiger partial charge in [0, 0.05) is 6.42 Å². The number of unbranched alkanes of at least 4 members (excludes halogenated alkanes) is 12. The summed E-state index contributed by atoms with van der Waals surface area (Å²) in [6.45, 7) is 1.15. The average Bonchev–Trinajstić information content (AvgIpc) is 3.28. The first-order valence-corrected chi connectivity index (χ1v) is 14.4. The van der Waals surface area contributed by atoms with Crippen molar-refractivity contribution in [3.63, 3.8) is 0 Å². The first-order valence-electron chi connectivity index (χ1n) is 13.0. The molecule has 0 aliphatic heterocycles. The smallest absolute Gasteiger partial charge is 0.460 e. The zero-order valence-electron chi connectivity index (χ0n) is 21.3. The van der Waals surface area contributed by atoms with Gasteiger partial charge in [-0.05, 0) is 44.2 Å². The Hall–Kier alpha value is -1.81. The molecule has 0 spiro atoms. The van der Waals surface area contributed by atoms with E-state index in [1.54, 1.807) is 0 Å². The molecule has 1 rings (SSSR count). The van der Waals surface area contributed by atoms with Crippen LogP contribution in [0.3, 0.4) is 0 Å². The van der Waals surface area contributed by atoms with Crippen LogP contribution in [-0.4, -0.2) is 19.9 Å². The largest absolute Gasteiger partial charge is 0.523 e. The van der Waals surface area contributed by atoms with Crippen molar-refractivity contribution in [2.45, 2.75) is 122 Å². The third kappa shape index (κ3) is 15.3. The van der Waals surface area contributed by atoms with Gasteiger partial charge in [0.2, 0.25) is 0 Å². The molecule has 36 heavy (non-hydrogen) atoms. The second-order valence-corrected chi connectivity index (χ2v) is 10.5. The van der Waals surface area contributed by atoms with Crippen molar-refractivity contribution in [1.29, 1.82) is 0 Å². The number of rotatable bonds is 21. The van der Waals surface area contributed by atoms with Crippen molar-refractivity contribution in [3.8, 4) is 0 Å². The number of hydrogen-bond acceptors (Lipinski definition) is 6. The maximum absolute atomic E-state index is 12.2. The minimum Gasteiger partial charge on any atom is -0.460 e. The van der Waals surface area contributed by atoms with Gasteiger partial charge >= 0.3 is 21.6 Å². The summed E-state index contributed by atoms with van der Waals surface area (Å²) < 4.78 is 72.6. The summed E-state index contributed by atoms with van der Waals surface area (Å²) in [7, 11) is -5.69. The van der Waals surface area contributed by atoms with Crippen LogP contribution in [0.1, 0.15) is 115 Å². The van der Waals surface area contributed by atoms with Crippen molar-refractivity contribution in [1.82, 2.24) is 0 Å². The molecule has 0 aromatic carbocycles. The average molecular weight is 539 g/mol. The van der Waals surface area contributed by atoms with Crippen LogP contribution >= 0.6 is 0 Å². The van der Waals surface area contributed by atoms with Crippen LogP contribution in [0, 0.1) is 0 Å². The number of furan rings is 1. The lowest BCUT2D eigenvalue weighted by Gasteiger charge is -2.06. The van der Waals surface area contributed by atoms with Crippen molar-refractivity contribution in [2.24, 2.45) is 0 Å². The van der Waals surface area contributed by atoms with Gasteiger partial charge in [-0.1, -0.05) is 76.9 Å². The van der Waals surface area contributed by atoms with E-state index in [1.165, 1.54) is 63.5 Å². The van der Waals surface area contributed by atoms with Gasteiger partial charge in [-0.15, -0.1) is 0 Å². The molecule has 0 fully saturated rings. The highest BCUT2D eigenvalue weighted by molar-refractivity contribution is 7.87. The standard InChI is InChI=1S/C26H41F3O6S/c1-2-3-4-5-6-7-8-9-10-11-12-13-14-15-16-17-18-25(30)33-21-23-19-20-24(35-23)22-34-36(31,32)26(27,28)29/h10-11,19-20H,2-9,12-18,21-22H2,1H3. The second-order valence-electron chi connectivity index (χ2n) is 8.88. The molecule has 0 atom stereocenters. The molecule has 0 N–H and O–H groups in total. The molecule has 0 saturated heterocycles. The first kappa shape index (κ1) is 32.2. The van der Waals surface area contributed by atoms with Crippen LogP contribution in [-0.2, 0) is 37.0 Å². The van der Waals surface area contributed by atoms with E-state index >= 15 is 0 Å². The lowest BCUT2D eigenvalue weighted by Crippen LogP contribution is -2.25. The van der Waals surface area contributed by atoms with Crippen LogP contribution in [0.4, 0.5) is 13.2 Å². The molecule has 1 aromatic rings. The fourth-order valence-corrected chi connectivity index (χ4v) is 3.93. The molecule has 6 nitrogen and oxygen atoms in total. The number of esters is 1. The Morgan fingerprint density at radius 2 is 1.33 bits per heavy atom. The highest BCUT2D eigenvalue weighted by Gasteiger charge is 2.47. The zero-order valence-corrected chi connectivity index (χ0v) is 22.1. The van der Waals surface area contributed by atoms with Gasteiger partial charge in [-0.25, -0.2) is 0 Å². The molecule has 0 bridgehead atoms. The van der Waals surface area contributed by atoms with Gasteiger partial charge in [0.1, 0.15) is 24.7 Å². The summed E-state index contributed by atoms with van der Waals surface area (Å²) in [6, 6.07) is 2.65. The van der Waals surface area contributed by atoms with E-state index in [2.05, 4.69) is 23.3 Å². The monoisotopic (exact) mass is 538 g/mol. The van der Waals surface area contributed by atoms with E-state index in [4.69, 9.17) is 9.15 Å². The minimum absolute atomic E-state index is 0.124. The van der Waals surface area contributed by atoms with Gasteiger partial charge in [-0.2, -0.15) is 21.6 Å². The molecule has 1 aromatic heterocycles. The Balaban J connectivity index is 2.00. The number of alkyl halides is 3. The maximum Gasteiger partial charge on any atom is 0.523 e. The predicted octanol–water partition coefficient (Wildman–Crippen LogP) is 8.12. The molecule has 0 aliphatic carbocycles. The van der Waals surface area contributed by atoms with Gasteiger partial charge < -0.3 is 9.15 Å². The Morgan fingerprint density at radius 3 is 1.89 bits per heavy atom. The van der Waals surface area contributed by atoms with E-state index < -0.39 is 28.2 Å². The second kappa shape index (κ2) is 18.4. The summed E-state index contributed by atoms with van der Waals surface area (Å²) >= 11 is 0. The molecule has 208 valence electrons.